The zero-order valence-electron chi connectivity index (χ0n) is 25.9. The second-order valence-corrected chi connectivity index (χ2v) is 12.2. The topological polar surface area (TPSA) is 137 Å². The van der Waals surface area contributed by atoms with Crippen molar-refractivity contribution in [3.8, 4) is 0 Å². The summed E-state index contributed by atoms with van der Waals surface area (Å²) in [5.74, 6) is -1.14. The van der Waals surface area contributed by atoms with Gasteiger partial charge in [0.15, 0.2) is 6.10 Å². The van der Waals surface area contributed by atoms with Gasteiger partial charge >= 0.3 is 0 Å². The molecule has 4 aromatic rings. The molecule has 0 saturated carbocycles. The highest BCUT2D eigenvalue weighted by molar-refractivity contribution is 5.83. The van der Waals surface area contributed by atoms with Gasteiger partial charge in [0.1, 0.15) is 6.10 Å². The predicted molar refractivity (Wildman–Crippen MR) is 175 cm³/mol. The maximum atomic E-state index is 13.8. The second-order valence-electron chi connectivity index (χ2n) is 12.2. The van der Waals surface area contributed by atoms with Gasteiger partial charge in [0.2, 0.25) is 5.91 Å². The molecule has 0 unspecified atom stereocenters. The molecular formula is C38H40N2O7. The van der Waals surface area contributed by atoms with Crippen LogP contribution in [0.25, 0.3) is 0 Å². The van der Waals surface area contributed by atoms with Crippen LogP contribution >= 0.6 is 0 Å². The Bertz CT molecular complexity index is 1650. The first-order chi connectivity index (χ1) is 22.9. The number of benzene rings is 4. The van der Waals surface area contributed by atoms with Gasteiger partial charge in [-0.15, -0.1) is 0 Å². The number of nitrogens with one attached hydrogen (secondary N) is 2. The van der Waals surface area contributed by atoms with Crippen LogP contribution in [0.1, 0.15) is 51.9 Å². The van der Waals surface area contributed by atoms with E-state index in [0.717, 1.165) is 33.4 Å². The fourth-order valence-corrected chi connectivity index (χ4v) is 6.46. The average Bonchev–Trinajstić information content (AvgIpc) is 3.58. The zero-order chi connectivity index (χ0) is 32.8. The van der Waals surface area contributed by atoms with Gasteiger partial charge < -0.3 is 35.4 Å². The molecule has 6 rings (SSSR count). The van der Waals surface area contributed by atoms with Gasteiger partial charge in [-0.1, -0.05) is 109 Å². The molecule has 2 aliphatic carbocycles. The van der Waals surface area contributed by atoms with Crippen LogP contribution in [0, 0.1) is 0 Å². The molecule has 47 heavy (non-hydrogen) atoms. The van der Waals surface area contributed by atoms with Crippen LogP contribution in [0.15, 0.2) is 109 Å². The van der Waals surface area contributed by atoms with Gasteiger partial charge in [0.05, 0.1) is 43.6 Å². The molecule has 0 bridgehead atoms. The molecule has 2 amide bonds. The Morgan fingerprint density at radius 1 is 0.638 bits per heavy atom. The van der Waals surface area contributed by atoms with E-state index >= 15 is 0 Å². The fraction of sp³-hybridized carbons (Fsp3) is 0.316. The monoisotopic (exact) mass is 636 g/mol. The zero-order valence-corrected chi connectivity index (χ0v) is 25.9. The van der Waals surface area contributed by atoms with Crippen molar-refractivity contribution in [2.75, 3.05) is 0 Å². The van der Waals surface area contributed by atoms with Crippen LogP contribution in [-0.4, -0.2) is 57.7 Å². The van der Waals surface area contributed by atoms with E-state index in [1.54, 1.807) is 0 Å². The number of hydrogen-bond acceptors (Lipinski definition) is 7. The Kier molecular flexibility index (Phi) is 10.4. The van der Waals surface area contributed by atoms with Crippen molar-refractivity contribution in [2.45, 2.75) is 75.1 Å². The lowest BCUT2D eigenvalue weighted by atomic mass is 10.0. The SMILES string of the molecule is O=C(N[C@@H]1c2ccccc2C[C@H]1O)[C@H](C[C@H](O)[C@@H](OCc1ccccc1)C(=O)N[C@@H]1c2ccccc2C[C@H]1O)OCc1ccccc1. The quantitative estimate of drug-likeness (QED) is 0.152. The lowest BCUT2D eigenvalue weighted by molar-refractivity contribution is -0.150. The Morgan fingerprint density at radius 3 is 1.62 bits per heavy atom. The number of fused-ring (bicyclic) bond motifs is 2. The molecule has 0 heterocycles. The number of aliphatic hydroxyl groups is 3. The number of rotatable bonds is 13. The molecule has 2 aliphatic rings. The van der Waals surface area contributed by atoms with E-state index < -0.39 is 54.4 Å². The lowest BCUT2D eigenvalue weighted by Crippen LogP contribution is -2.49. The normalized spacial score (nSPS) is 21.7. The number of ether oxygens (including phenoxy) is 2. The van der Waals surface area contributed by atoms with Crippen LogP contribution in [0.2, 0.25) is 0 Å². The van der Waals surface area contributed by atoms with Gasteiger partial charge in [-0.3, -0.25) is 9.59 Å². The van der Waals surface area contributed by atoms with E-state index in [9.17, 15) is 24.9 Å². The summed E-state index contributed by atoms with van der Waals surface area (Å²) < 4.78 is 12.2. The molecule has 9 nitrogen and oxygen atoms in total. The van der Waals surface area contributed by atoms with Crippen molar-refractivity contribution in [1.29, 1.82) is 0 Å². The minimum Gasteiger partial charge on any atom is -0.390 e. The maximum absolute atomic E-state index is 13.8. The van der Waals surface area contributed by atoms with E-state index in [1.165, 1.54) is 0 Å². The molecule has 0 aliphatic heterocycles. The summed E-state index contributed by atoms with van der Waals surface area (Å²) in [6, 6.07) is 32.3. The molecule has 9 heteroatoms. The van der Waals surface area contributed by atoms with Crippen LogP contribution in [-0.2, 0) is 45.1 Å². The molecule has 0 fully saturated rings. The van der Waals surface area contributed by atoms with Gasteiger partial charge in [-0.25, -0.2) is 0 Å². The molecule has 4 aromatic carbocycles. The Balaban J connectivity index is 1.22. The van der Waals surface area contributed by atoms with E-state index in [2.05, 4.69) is 10.6 Å². The summed E-state index contributed by atoms with van der Waals surface area (Å²) in [5.41, 5.74) is 5.16. The van der Waals surface area contributed by atoms with E-state index in [1.807, 2.05) is 109 Å². The largest absolute Gasteiger partial charge is 0.390 e. The van der Waals surface area contributed by atoms with Gasteiger partial charge in [0, 0.05) is 19.3 Å². The number of aliphatic hydroxyl groups excluding tert-OH is 3. The average molecular weight is 637 g/mol. The summed E-state index contributed by atoms with van der Waals surface area (Å²) in [6.45, 7) is 0.120. The Labute approximate surface area is 274 Å². The van der Waals surface area contributed by atoms with Crippen LogP contribution in [0.3, 0.4) is 0 Å². The molecule has 244 valence electrons. The van der Waals surface area contributed by atoms with Crippen molar-refractivity contribution in [2.24, 2.45) is 0 Å². The summed E-state index contributed by atoms with van der Waals surface area (Å²) in [6.07, 6.45) is -5.14. The van der Waals surface area contributed by atoms with Crippen molar-refractivity contribution in [1.82, 2.24) is 10.6 Å². The molecular weight excluding hydrogens is 596 g/mol. The summed E-state index contributed by atoms with van der Waals surface area (Å²) in [4.78, 5) is 27.6. The van der Waals surface area contributed by atoms with Crippen LogP contribution in [0.4, 0.5) is 0 Å². The standard InChI is InChI=1S/C38H40N2O7/c41-30-19-26-15-7-9-17-28(26)34(30)39-37(44)33(46-22-24-11-3-1-4-12-24)21-32(43)36(47-23-25-13-5-2-6-14-25)38(45)40-35-29-18-10-8-16-27(29)20-31(35)42/h1-18,30-36,41-43H,19-23H2,(H,39,44)(H,40,45)/t30-,31-,32+,33+,34-,35-,36-/m1/s1. The number of amides is 2. The molecule has 5 N–H and O–H groups in total. The van der Waals surface area contributed by atoms with Crippen LogP contribution < -0.4 is 10.6 Å². The highest BCUT2D eigenvalue weighted by Crippen LogP contribution is 2.33. The van der Waals surface area contributed by atoms with Crippen molar-refractivity contribution in [3.05, 3.63) is 143 Å². The highest BCUT2D eigenvalue weighted by Gasteiger charge is 2.39. The smallest absolute Gasteiger partial charge is 0.252 e. The highest BCUT2D eigenvalue weighted by atomic mass is 16.5. The second kappa shape index (κ2) is 15.0. The molecule has 0 radical (unpaired) electrons. The fourth-order valence-electron chi connectivity index (χ4n) is 6.46. The number of carbonyl (C=O) groups excluding carboxylic acids is 2. The number of hydrogen-bond donors (Lipinski definition) is 5. The first-order valence-electron chi connectivity index (χ1n) is 16.0. The molecule has 0 aromatic heterocycles. The Hall–Kier alpha value is -4.38. The third kappa shape index (κ3) is 7.78. The van der Waals surface area contributed by atoms with E-state index in [-0.39, 0.29) is 19.6 Å². The van der Waals surface area contributed by atoms with Crippen molar-refractivity contribution < 1.29 is 34.4 Å². The minimum absolute atomic E-state index is 0.0343. The third-order valence-electron chi connectivity index (χ3n) is 8.93. The predicted octanol–water partition coefficient (Wildman–Crippen LogP) is 3.46. The van der Waals surface area contributed by atoms with Gasteiger partial charge in [-0.2, -0.15) is 0 Å². The van der Waals surface area contributed by atoms with Gasteiger partial charge in [0.25, 0.3) is 5.91 Å². The minimum atomic E-state index is -1.46. The third-order valence-corrected chi connectivity index (χ3v) is 8.93. The first-order valence-corrected chi connectivity index (χ1v) is 16.0. The van der Waals surface area contributed by atoms with Crippen molar-refractivity contribution >= 4 is 11.8 Å². The molecule has 0 saturated heterocycles. The van der Waals surface area contributed by atoms with Gasteiger partial charge in [-0.05, 0) is 33.4 Å². The van der Waals surface area contributed by atoms with Crippen molar-refractivity contribution in [3.63, 3.8) is 0 Å². The van der Waals surface area contributed by atoms with E-state index in [4.69, 9.17) is 9.47 Å². The summed E-state index contributed by atoms with van der Waals surface area (Å²) in [5, 5.41) is 39.0. The Morgan fingerprint density at radius 2 is 1.09 bits per heavy atom. The first kappa shape index (κ1) is 32.6. The molecule has 7 atom stereocenters. The summed E-state index contributed by atoms with van der Waals surface area (Å²) >= 11 is 0. The maximum Gasteiger partial charge on any atom is 0.252 e. The lowest BCUT2D eigenvalue weighted by Gasteiger charge is -2.29. The summed E-state index contributed by atoms with van der Waals surface area (Å²) in [7, 11) is 0. The van der Waals surface area contributed by atoms with Crippen LogP contribution in [0.5, 0.6) is 0 Å². The number of carbonyl (C=O) groups is 2. The molecule has 0 spiro atoms. The van der Waals surface area contributed by atoms with E-state index in [0.29, 0.717) is 12.8 Å².